The Kier molecular flexibility index (Phi) is 6.55. The number of likely N-dealkylation sites (tertiary alicyclic amines) is 1. The molecule has 152 valence electrons. The Hall–Kier alpha value is -2.27. The largest absolute Gasteiger partial charge is 0.351 e. The highest BCUT2D eigenvalue weighted by atomic mass is 32.2. The number of hydrogen-bond acceptors (Lipinski definition) is 3. The average molecular weight is 409 g/mol. The summed E-state index contributed by atoms with van der Waals surface area (Å²) >= 11 is 1.74. The van der Waals surface area contributed by atoms with Crippen LogP contribution in [0.25, 0.3) is 0 Å². The Morgan fingerprint density at radius 1 is 1.00 bits per heavy atom. The molecule has 0 aromatic heterocycles. The summed E-state index contributed by atoms with van der Waals surface area (Å²) in [5.74, 6) is 0.655. The molecule has 0 bridgehead atoms. The first-order valence-electron chi connectivity index (χ1n) is 10.5. The predicted octanol–water partition coefficient (Wildman–Crippen LogP) is 4.35. The van der Waals surface area contributed by atoms with Gasteiger partial charge < -0.3 is 10.2 Å². The van der Waals surface area contributed by atoms with Crippen LogP contribution in [0.2, 0.25) is 0 Å². The van der Waals surface area contributed by atoms with Crippen LogP contribution in [0, 0.1) is 0 Å². The number of hydrogen-bond donors (Lipinski definition) is 1. The molecular weight excluding hydrogens is 380 g/mol. The number of carbonyl (C=O) groups is 2. The maximum absolute atomic E-state index is 12.4. The second kappa shape index (κ2) is 9.49. The minimum atomic E-state index is 0.0651. The lowest BCUT2D eigenvalue weighted by Gasteiger charge is -2.24. The Morgan fingerprint density at radius 3 is 2.55 bits per heavy atom. The minimum Gasteiger partial charge on any atom is -0.351 e. The molecule has 1 aliphatic heterocycles. The fourth-order valence-electron chi connectivity index (χ4n) is 4.18. The van der Waals surface area contributed by atoms with Crippen molar-refractivity contribution in [2.45, 2.75) is 43.9 Å². The molecule has 29 heavy (non-hydrogen) atoms. The Morgan fingerprint density at radius 2 is 1.76 bits per heavy atom. The monoisotopic (exact) mass is 408 g/mol. The van der Waals surface area contributed by atoms with Gasteiger partial charge in [0, 0.05) is 30.4 Å². The zero-order valence-electron chi connectivity index (χ0n) is 16.7. The van der Waals surface area contributed by atoms with Crippen molar-refractivity contribution in [3.05, 3.63) is 70.8 Å². The van der Waals surface area contributed by atoms with E-state index in [1.165, 1.54) is 17.5 Å². The molecule has 1 fully saturated rings. The number of carbonyl (C=O) groups excluding carboxylic acids is 2. The zero-order valence-corrected chi connectivity index (χ0v) is 17.5. The molecule has 0 spiro atoms. The normalized spacial score (nSPS) is 18.3. The molecule has 1 atom stereocenters. The van der Waals surface area contributed by atoms with Crippen molar-refractivity contribution in [3.63, 3.8) is 0 Å². The summed E-state index contributed by atoms with van der Waals surface area (Å²) in [6.45, 7) is 2.22. The summed E-state index contributed by atoms with van der Waals surface area (Å²) < 4.78 is 0. The molecule has 1 saturated heterocycles. The van der Waals surface area contributed by atoms with Gasteiger partial charge in [0.15, 0.2) is 0 Å². The first kappa shape index (κ1) is 20.0. The number of nitrogens with zero attached hydrogens (tertiary/aromatic N) is 1. The summed E-state index contributed by atoms with van der Waals surface area (Å²) in [4.78, 5) is 26.6. The lowest BCUT2D eigenvalue weighted by molar-refractivity contribution is -0.118. The Labute approximate surface area is 177 Å². The van der Waals surface area contributed by atoms with Gasteiger partial charge in [0.2, 0.25) is 5.91 Å². The summed E-state index contributed by atoms with van der Waals surface area (Å²) in [5.41, 5.74) is 4.58. The van der Waals surface area contributed by atoms with Gasteiger partial charge in [0.05, 0.1) is 5.75 Å². The highest BCUT2D eigenvalue weighted by Crippen LogP contribution is 2.39. The standard InChI is InChI=1S/C24H28N2O2S/c27-23(17-29-22-9-5-7-19-6-1-2-8-21(19)22)25-16-18-10-12-20(13-11-18)24(28)26-14-3-4-15-26/h1-2,6,8,10-13,22H,3-5,7,9,14-17H2,(H,25,27). The maximum atomic E-state index is 12.4. The molecule has 1 N–H and O–H groups in total. The Balaban J connectivity index is 1.24. The molecular formula is C24H28N2O2S. The lowest BCUT2D eigenvalue weighted by Crippen LogP contribution is -2.27. The van der Waals surface area contributed by atoms with Crippen LogP contribution < -0.4 is 5.32 Å². The van der Waals surface area contributed by atoms with Crippen LogP contribution in [0.15, 0.2) is 48.5 Å². The van der Waals surface area contributed by atoms with Crippen LogP contribution in [-0.2, 0) is 17.8 Å². The summed E-state index contributed by atoms with van der Waals surface area (Å²) in [6, 6.07) is 16.2. The maximum Gasteiger partial charge on any atom is 0.253 e. The highest BCUT2D eigenvalue weighted by molar-refractivity contribution is 8.00. The van der Waals surface area contributed by atoms with Gasteiger partial charge in [-0.2, -0.15) is 0 Å². The predicted molar refractivity (Wildman–Crippen MR) is 118 cm³/mol. The van der Waals surface area contributed by atoms with E-state index in [2.05, 4.69) is 29.6 Å². The SMILES string of the molecule is O=C(CSC1CCCc2ccccc21)NCc1ccc(C(=O)N2CCCC2)cc1. The topological polar surface area (TPSA) is 49.4 Å². The van der Waals surface area contributed by atoms with Crippen molar-refractivity contribution in [1.82, 2.24) is 10.2 Å². The van der Waals surface area contributed by atoms with E-state index in [4.69, 9.17) is 0 Å². The molecule has 2 aromatic rings. The van der Waals surface area contributed by atoms with E-state index in [1.807, 2.05) is 29.2 Å². The molecule has 2 amide bonds. The molecule has 2 aliphatic rings. The third-order valence-corrected chi connectivity index (χ3v) is 7.13. The van der Waals surface area contributed by atoms with Gasteiger partial charge in [-0.15, -0.1) is 11.8 Å². The summed E-state index contributed by atoms with van der Waals surface area (Å²) in [7, 11) is 0. The third kappa shape index (κ3) is 5.02. The highest BCUT2D eigenvalue weighted by Gasteiger charge is 2.21. The van der Waals surface area contributed by atoms with E-state index in [1.54, 1.807) is 11.8 Å². The number of fused-ring (bicyclic) bond motifs is 1. The third-order valence-electron chi connectivity index (χ3n) is 5.81. The first-order valence-corrected chi connectivity index (χ1v) is 11.6. The molecule has 2 aromatic carbocycles. The van der Waals surface area contributed by atoms with Crippen LogP contribution in [0.3, 0.4) is 0 Å². The van der Waals surface area contributed by atoms with Crippen LogP contribution in [0.4, 0.5) is 0 Å². The van der Waals surface area contributed by atoms with E-state index in [0.717, 1.165) is 49.9 Å². The number of rotatable bonds is 6. The number of benzene rings is 2. The fourth-order valence-corrected chi connectivity index (χ4v) is 5.38. The van der Waals surface area contributed by atoms with E-state index in [0.29, 0.717) is 17.5 Å². The van der Waals surface area contributed by atoms with Crippen LogP contribution >= 0.6 is 11.8 Å². The van der Waals surface area contributed by atoms with Gasteiger partial charge in [-0.05, 0) is 60.9 Å². The molecule has 1 unspecified atom stereocenters. The second-order valence-corrected chi connectivity index (χ2v) is 9.05. The minimum absolute atomic E-state index is 0.0651. The quantitative estimate of drug-likeness (QED) is 0.773. The smallest absolute Gasteiger partial charge is 0.253 e. The van der Waals surface area contributed by atoms with Crippen molar-refractivity contribution in [1.29, 1.82) is 0 Å². The van der Waals surface area contributed by atoms with Crippen molar-refractivity contribution in [2.24, 2.45) is 0 Å². The van der Waals surface area contributed by atoms with Gasteiger partial charge in [0.1, 0.15) is 0 Å². The number of thioether (sulfide) groups is 1. The summed E-state index contributed by atoms with van der Waals surface area (Å²) in [6.07, 6.45) is 5.68. The molecule has 5 heteroatoms. The second-order valence-electron chi connectivity index (χ2n) is 7.86. The van der Waals surface area contributed by atoms with Crippen molar-refractivity contribution in [3.8, 4) is 0 Å². The Bertz CT molecular complexity index is 859. The van der Waals surface area contributed by atoms with E-state index in [-0.39, 0.29) is 11.8 Å². The van der Waals surface area contributed by atoms with E-state index < -0.39 is 0 Å². The van der Waals surface area contributed by atoms with Crippen molar-refractivity contribution in [2.75, 3.05) is 18.8 Å². The van der Waals surface area contributed by atoms with Crippen molar-refractivity contribution < 1.29 is 9.59 Å². The van der Waals surface area contributed by atoms with Gasteiger partial charge in [-0.1, -0.05) is 36.4 Å². The first-order chi connectivity index (χ1) is 14.2. The van der Waals surface area contributed by atoms with Crippen LogP contribution in [0.5, 0.6) is 0 Å². The molecule has 1 aliphatic carbocycles. The van der Waals surface area contributed by atoms with E-state index >= 15 is 0 Å². The van der Waals surface area contributed by atoms with Gasteiger partial charge in [0.25, 0.3) is 5.91 Å². The average Bonchev–Trinajstić information content (AvgIpc) is 3.31. The zero-order chi connectivity index (χ0) is 20.1. The molecule has 0 saturated carbocycles. The van der Waals surface area contributed by atoms with Crippen LogP contribution in [-0.4, -0.2) is 35.6 Å². The van der Waals surface area contributed by atoms with E-state index in [9.17, 15) is 9.59 Å². The lowest BCUT2D eigenvalue weighted by atomic mass is 9.91. The van der Waals surface area contributed by atoms with Crippen LogP contribution in [0.1, 0.15) is 58.0 Å². The number of nitrogens with one attached hydrogen (secondary N) is 1. The number of aryl methyl sites for hydroxylation is 1. The van der Waals surface area contributed by atoms with Gasteiger partial charge in [-0.3, -0.25) is 9.59 Å². The summed E-state index contributed by atoms with van der Waals surface area (Å²) in [5, 5.41) is 3.43. The molecule has 0 radical (unpaired) electrons. The van der Waals surface area contributed by atoms with Gasteiger partial charge >= 0.3 is 0 Å². The molecule has 1 heterocycles. The molecule has 4 nitrogen and oxygen atoms in total. The van der Waals surface area contributed by atoms with Gasteiger partial charge in [-0.25, -0.2) is 0 Å². The molecule has 4 rings (SSSR count). The fraction of sp³-hybridized carbons (Fsp3) is 0.417. The van der Waals surface area contributed by atoms with Crippen molar-refractivity contribution >= 4 is 23.6 Å². The number of amides is 2.